The Kier molecular flexibility index (Phi) is 5.12. The van der Waals surface area contributed by atoms with Crippen LogP contribution in [0, 0.1) is 17.1 Å². The van der Waals surface area contributed by atoms with Crippen LogP contribution in [-0.4, -0.2) is 48.7 Å². The van der Waals surface area contributed by atoms with E-state index >= 15 is 0 Å². The molecular formula is C15H18FN3O2. The molecule has 5 nitrogen and oxygen atoms in total. The molecule has 2 rings (SSSR count). The smallest absolute Gasteiger partial charge is 0.409 e. The maximum absolute atomic E-state index is 13.8. The van der Waals surface area contributed by atoms with E-state index in [1.165, 1.54) is 6.07 Å². The normalized spacial score (nSPS) is 17.1. The van der Waals surface area contributed by atoms with E-state index in [1.54, 1.807) is 30.0 Å². The van der Waals surface area contributed by atoms with E-state index in [0.29, 0.717) is 38.3 Å². The van der Waals surface area contributed by atoms with E-state index in [4.69, 9.17) is 4.74 Å². The molecule has 0 radical (unpaired) electrons. The summed E-state index contributed by atoms with van der Waals surface area (Å²) >= 11 is 0. The molecule has 1 fully saturated rings. The second kappa shape index (κ2) is 7.04. The fourth-order valence-corrected chi connectivity index (χ4v) is 2.42. The van der Waals surface area contributed by atoms with Crippen molar-refractivity contribution in [1.29, 1.82) is 5.26 Å². The van der Waals surface area contributed by atoms with E-state index in [9.17, 15) is 14.4 Å². The molecule has 21 heavy (non-hydrogen) atoms. The summed E-state index contributed by atoms with van der Waals surface area (Å²) in [6.07, 6.45) is -0.337. The number of carbonyl (C=O) groups is 1. The van der Waals surface area contributed by atoms with Gasteiger partial charge in [-0.25, -0.2) is 9.18 Å². The number of ether oxygens (including phenoxy) is 1. The molecule has 0 aliphatic carbocycles. The number of hydrogen-bond donors (Lipinski definition) is 0. The average Bonchev–Trinajstić information content (AvgIpc) is 2.51. The molecule has 6 heteroatoms. The Balaban J connectivity index is 2.02. The molecule has 0 bridgehead atoms. The third-order valence-electron chi connectivity index (χ3n) is 3.53. The topological polar surface area (TPSA) is 56.6 Å². The Morgan fingerprint density at radius 1 is 1.38 bits per heavy atom. The van der Waals surface area contributed by atoms with Crippen LogP contribution in [0.5, 0.6) is 0 Å². The van der Waals surface area contributed by atoms with Gasteiger partial charge < -0.3 is 9.64 Å². The van der Waals surface area contributed by atoms with Crippen LogP contribution in [0.2, 0.25) is 0 Å². The lowest BCUT2D eigenvalue weighted by Gasteiger charge is -2.36. The summed E-state index contributed by atoms with van der Waals surface area (Å²) in [6, 6.07) is 7.82. The van der Waals surface area contributed by atoms with Crippen LogP contribution < -0.4 is 0 Å². The zero-order valence-electron chi connectivity index (χ0n) is 12.0. The third kappa shape index (κ3) is 3.50. The first-order valence-electron chi connectivity index (χ1n) is 6.97. The number of rotatable bonds is 3. The summed E-state index contributed by atoms with van der Waals surface area (Å²) in [4.78, 5) is 15.1. The molecule has 1 atom stereocenters. The van der Waals surface area contributed by atoms with Crippen molar-refractivity contribution in [2.45, 2.75) is 13.0 Å². The number of hydrogen-bond acceptors (Lipinski definition) is 4. The van der Waals surface area contributed by atoms with Crippen molar-refractivity contribution in [3.8, 4) is 6.07 Å². The second-order valence-corrected chi connectivity index (χ2v) is 4.78. The average molecular weight is 291 g/mol. The van der Waals surface area contributed by atoms with Gasteiger partial charge in [0.1, 0.15) is 11.9 Å². The molecule has 1 heterocycles. The molecule has 1 saturated heterocycles. The molecule has 1 amide bonds. The summed E-state index contributed by atoms with van der Waals surface area (Å²) in [5, 5.41) is 9.35. The number of piperazine rings is 1. The molecule has 1 unspecified atom stereocenters. The van der Waals surface area contributed by atoms with Gasteiger partial charge in [0.25, 0.3) is 0 Å². The highest BCUT2D eigenvalue weighted by Gasteiger charge is 2.28. The molecular weight excluding hydrogens is 273 g/mol. The Bertz CT molecular complexity index is 536. The van der Waals surface area contributed by atoms with Crippen molar-refractivity contribution in [2.24, 2.45) is 0 Å². The van der Waals surface area contributed by atoms with Crippen molar-refractivity contribution >= 4 is 6.09 Å². The van der Waals surface area contributed by atoms with Crippen LogP contribution in [0.1, 0.15) is 18.5 Å². The monoisotopic (exact) mass is 291 g/mol. The zero-order chi connectivity index (χ0) is 15.2. The highest BCUT2D eigenvalue weighted by molar-refractivity contribution is 5.67. The molecule has 1 aliphatic heterocycles. The number of nitriles is 1. The summed E-state index contributed by atoms with van der Waals surface area (Å²) < 4.78 is 18.8. The fraction of sp³-hybridized carbons (Fsp3) is 0.467. The lowest BCUT2D eigenvalue weighted by atomic mass is 10.1. The first kappa shape index (κ1) is 15.3. The van der Waals surface area contributed by atoms with Crippen LogP contribution >= 0.6 is 0 Å². The number of halogens is 1. The van der Waals surface area contributed by atoms with Gasteiger partial charge in [-0.2, -0.15) is 5.26 Å². The number of nitrogens with zero attached hydrogens (tertiary/aromatic N) is 3. The predicted molar refractivity (Wildman–Crippen MR) is 74.9 cm³/mol. The predicted octanol–water partition coefficient (Wildman–Crippen LogP) is 2.16. The SMILES string of the molecule is CCOC(=O)N1CCN(C(C#N)c2ccccc2F)CC1. The molecule has 0 saturated carbocycles. The van der Waals surface area contributed by atoms with Crippen LogP contribution in [0.3, 0.4) is 0 Å². The molecule has 1 aromatic carbocycles. The lowest BCUT2D eigenvalue weighted by Crippen LogP contribution is -2.49. The van der Waals surface area contributed by atoms with E-state index in [1.807, 2.05) is 4.90 Å². The van der Waals surface area contributed by atoms with Gasteiger partial charge in [-0.1, -0.05) is 18.2 Å². The third-order valence-corrected chi connectivity index (χ3v) is 3.53. The van der Waals surface area contributed by atoms with Crippen LogP contribution in [0.25, 0.3) is 0 Å². The van der Waals surface area contributed by atoms with Gasteiger partial charge in [0.15, 0.2) is 0 Å². The van der Waals surface area contributed by atoms with Gasteiger partial charge in [0.05, 0.1) is 12.7 Å². The van der Waals surface area contributed by atoms with E-state index < -0.39 is 6.04 Å². The maximum Gasteiger partial charge on any atom is 0.409 e. The van der Waals surface area contributed by atoms with Crippen LogP contribution in [0.4, 0.5) is 9.18 Å². The minimum absolute atomic E-state index is 0.337. The van der Waals surface area contributed by atoms with Crippen molar-refractivity contribution in [3.63, 3.8) is 0 Å². The molecule has 1 aromatic rings. The minimum atomic E-state index is -0.629. The fourth-order valence-electron chi connectivity index (χ4n) is 2.42. The summed E-state index contributed by atoms with van der Waals surface area (Å²) in [7, 11) is 0. The van der Waals surface area contributed by atoms with Gasteiger partial charge in [-0.15, -0.1) is 0 Å². The Hall–Kier alpha value is -2.13. The van der Waals surface area contributed by atoms with Gasteiger partial charge in [0, 0.05) is 31.7 Å². The lowest BCUT2D eigenvalue weighted by molar-refractivity contribution is 0.0729. The van der Waals surface area contributed by atoms with Gasteiger partial charge in [-0.3, -0.25) is 4.90 Å². The maximum atomic E-state index is 13.8. The minimum Gasteiger partial charge on any atom is -0.450 e. The number of amides is 1. The first-order chi connectivity index (χ1) is 10.2. The summed E-state index contributed by atoms with van der Waals surface area (Å²) in [6.45, 7) is 4.10. The molecule has 0 N–H and O–H groups in total. The van der Waals surface area contributed by atoms with E-state index in [2.05, 4.69) is 6.07 Å². The van der Waals surface area contributed by atoms with Crippen molar-refractivity contribution in [2.75, 3.05) is 32.8 Å². The Labute approximate surface area is 123 Å². The molecule has 0 spiro atoms. The Morgan fingerprint density at radius 3 is 2.62 bits per heavy atom. The summed E-state index contributed by atoms with van der Waals surface area (Å²) in [5.74, 6) is -0.378. The standard InChI is InChI=1S/C15H18FN3O2/c1-2-21-15(20)19-9-7-18(8-10-19)14(11-17)12-5-3-4-6-13(12)16/h3-6,14H,2,7-10H2,1H3. The van der Waals surface area contributed by atoms with Crippen LogP contribution in [0.15, 0.2) is 24.3 Å². The zero-order valence-corrected chi connectivity index (χ0v) is 12.0. The van der Waals surface area contributed by atoms with E-state index in [0.717, 1.165) is 0 Å². The van der Waals surface area contributed by atoms with Crippen molar-refractivity contribution in [3.05, 3.63) is 35.6 Å². The van der Waals surface area contributed by atoms with Gasteiger partial charge in [-0.05, 0) is 13.0 Å². The van der Waals surface area contributed by atoms with Gasteiger partial charge in [0.2, 0.25) is 0 Å². The quantitative estimate of drug-likeness (QED) is 0.856. The molecule has 112 valence electrons. The molecule has 0 aromatic heterocycles. The molecule has 1 aliphatic rings. The first-order valence-corrected chi connectivity index (χ1v) is 6.97. The van der Waals surface area contributed by atoms with Crippen LogP contribution in [-0.2, 0) is 4.74 Å². The second-order valence-electron chi connectivity index (χ2n) is 4.78. The summed E-state index contributed by atoms with van der Waals surface area (Å²) in [5.41, 5.74) is 0.379. The largest absolute Gasteiger partial charge is 0.450 e. The number of carbonyl (C=O) groups excluding carboxylic acids is 1. The Morgan fingerprint density at radius 2 is 2.05 bits per heavy atom. The number of benzene rings is 1. The van der Waals surface area contributed by atoms with Crippen molar-refractivity contribution in [1.82, 2.24) is 9.80 Å². The van der Waals surface area contributed by atoms with E-state index in [-0.39, 0.29) is 11.9 Å². The highest BCUT2D eigenvalue weighted by Crippen LogP contribution is 2.24. The van der Waals surface area contributed by atoms with Gasteiger partial charge >= 0.3 is 6.09 Å². The highest BCUT2D eigenvalue weighted by atomic mass is 19.1. The van der Waals surface area contributed by atoms with Crippen molar-refractivity contribution < 1.29 is 13.9 Å².